The second kappa shape index (κ2) is 9.04. The molecule has 0 saturated carbocycles. The molecule has 1 aliphatic carbocycles. The molecule has 2 aliphatic rings. The van der Waals surface area contributed by atoms with Gasteiger partial charge < -0.3 is 5.11 Å². The van der Waals surface area contributed by atoms with E-state index in [0.29, 0.717) is 5.75 Å². The van der Waals surface area contributed by atoms with E-state index in [4.69, 9.17) is 4.98 Å². The first-order chi connectivity index (χ1) is 15.3. The van der Waals surface area contributed by atoms with Crippen LogP contribution in [0.15, 0.2) is 72.9 Å². The standard InChI is InChI=1S/C27H29N3O/c31-23-12-10-22-11-13-26-24(9-4-14-28-26)27(25(22)20-23)30-18-16-29(17-19-30)15-5-8-21-6-2-1-3-7-21/h1-10,12,14,20,27,31H,11,13,15-19H2. The van der Waals surface area contributed by atoms with Crippen LogP contribution in [0.25, 0.3) is 6.08 Å². The molecule has 0 bridgehead atoms. The van der Waals surface area contributed by atoms with Crippen molar-refractivity contribution >= 4 is 6.08 Å². The Morgan fingerprint density at radius 1 is 0.903 bits per heavy atom. The number of rotatable bonds is 4. The number of piperazine rings is 1. The van der Waals surface area contributed by atoms with Gasteiger partial charge in [0.05, 0.1) is 6.04 Å². The number of pyridine rings is 1. The molecule has 1 aromatic heterocycles. The van der Waals surface area contributed by atoms with Gasteiger partial charge in [-0.25, -0.2) is 0 Å². The molecular weight excluding hydrogens is 382 g/mol. The summed E-state index contributed by atoms with van der Waals surface area (Å²) in [4.78, 5) is 9.79. The summed E-state index contributed by atoms with van der Waals surface area (Å²) in [6.07, 6.45) is 8.30. The number of phenolic OH excluding ortho intramolecular Hbond substituents is 1. The zero-order valence-electron chi connectivity index (χ0n) is 17.8. The molecule has 0 spiro atoms. The van der Waals surface area contributed by atoms with Crippen molar-refractivity contribution in [3.05, 3.63) is 101 Å². The van der Waals surface area contributed by atoms with Gasteiger partial charge in [0.2, 0.25) is 0 Å². The third kappa shape index (κ3) is 4.41. The highest BCUT2D eigenvalue weighted by Crippen LogP contribution is 2.38. The molecule has 0 amide bonds. The van der Waals surface area contributed by atoms with Gasteiger partial charge in [-0.15, -0.1) is 0 Å². The van der Waals surface area contributed by atoms with Gasteiger partial charge in [-0.2, -0.15) is 0 Å². The van der Waals surface area contributed by atoms with E-state index in [1.165, 1.54) is 27.9 Å². The predicted molar refractivity (Wildman–Crippen MR) is 125 cm³/mol. The highest BCUT2D eigenvalue weighted by atomic mass is 16.3. The molecule has 1 saturated heterocycles. The van der Waals surface area contributed by atoms with Crippen molar-refractivity contribution in [2.75, 3.05) is 32.7 Å². The average molecular weight is 412 g/mol. The first-order valence-corrected chi connectivity index (χ1v) is 11.2. The number of aromatic nitrogens is 1. The summed E-state index contributed by atoms with van der Waals surface area (Å²) in [6, 6.07) is 20.8. The van der Waals surface area contributed by atoms with E-state index in [2.05, 4.69) is 64.4 Å². The van der Waals surface area contributed by atoms with Crippen molar-refractivity contribution in [3.63, 3.8) is 0 Å². The molecule has 1 fully saturated rings. The number of hydrogen-bond acceptors (Lipinski definition) is 4. The molecular formula is C27H29N3O. The van der Waals surface area contributed by atoms with Gasteiger partial charge in [0.1, 0.15) is 5.75 Å². The smallest absolute Gasteiger partial charge is 0.115 e. The maximum Gasteiger partial charge on any atom is 0.115 e. The lowest BCUT2D eigenvalue weighted by Gasteiger charge is -2.40. The first kappa shape index (κ1) is 20.0. The predicted octanol–water partition coefficient (Wildman–Crippen LogP) is 4.31. The Hall–Kier alpha value is -2.95. The molecule has 158 valence electrons. The topological polar surface area (TPSA) is 39.6 Å². The summed E-state index contributed by atoms with van der Waals surface area (Å²) in [5.74, 6) is 0.348. The summed E-state index contributed by atoms with van der Waals surface area (Å²) < 4.78 is 0. The normalized spacial score (nSPS) is 19.7. The van der Waals surface area contributed by atoms with Gasteiger partial charge >= 0.3 is 0 Å². The lowest BCUT2D eigenvalue weighted by molar-refractivity contribution is 0.117. The Balaban J connectivity index is 1.33. The van der Waals surface area contributed by atoms with Crippen LogP contribution in [-0.4, -0.2) is 52.6 Å². The Bertz CT molecular complexity index is 1060. The van der Waals surface area contributed by atoms with Crippen LogP contribution in [0, 0.1) is 0 Å². The van der Waals surface area contributed by atoms with Crippen molar-refractivity contribution in [1.29, 1.82) is 0 Å². The average Bonchev–Trinajstić information content (AvgIpc) is 2.97. The number of nitrogens with zero attached hydrogens (tertiary/aromatic N) is 3. The number of phenols is 1. The highest BCUT2D eigenvalue weighted by Gasteiger charge is 2.31. The van der Waals surface area contributed by atoms with Gasteiger partial charge in [0, 0.05) is 44.6 Å². The second-order valence-electron chi connectivity index (χ2n) is 8.47. The molecule has 1 unspecified atom stereocenters. The van der Waals surface area contributed by atoms with Gasteiger partial charge in [-0.05, 0) is 53.3 Å². The maximum atomic E-state index is 10.2. The fourth-order valence-electron chi connectivity index (χ4n) is 4.89. The lowest BCUT2D eigenvalue weighted by Crippen LogP contribution is -2.47. The van der Waals surface area contributed by atoms with E-state index in [-0.39, 0.29) is 6.04 Å². The minimum absolute atomic E-state index is 0.162. The molecule has 4 heteroatoms. The van der Waals surface area contributed by atoms with Crippen molar-refractivity contribution in [3.8, 4) is 5.75 Å². The largest absolute Gasteiger partial charge is 0.508 e. The SMILES string of the molecule is Oc1ccc2c(c1)C(N1CCN(CC=Cc3ccccc3)CC1)c1cccnc1CC2. The fourth-order valence-corrected chi connectivity index (χ4v) is 4.89. The minimum Gasteiger partial charge on any atom is -0.508 e. The Morgan fingerprint density at radius 3 is 2.58 bits per heavy atom. The molecule has 1 aliphatic heterocycles. The Labute approximate surface area is 184 Å². The molecule has 2 aromatic carbocycles. The van der Waals surface area contributed by atoms with E-state index in [9.17, 15) is 5.11 Å². The van der Waals surface area contributed by atoms with Crippen molar-refractivity contribution in [1.82, 2.24) is 14.8 Å². The van der Waals surface area contributed by atoms with E-state index >= 15 is 0 Å². The fraction of sp³-hybridized carbons (Fsp3) is 0.296. The molecule has 5 rings (SSSR count). The van der Waals surface area contributed by atoms with Crippen LogP contribution >= 0.6 is 0 Å². The summed E-state index contributed by atoms with van der Waals surface area (Å²) in [6.45, 7) is 5.07. The molecule has 4 nitrogen and oxygen atoms in total. The van der Waals surface area contributed by atoms with Crippen molar-refractivity contribution in [2.24, 2.45) is 0 Å². The zero-order valence-corrected chi connectivity index (χ0v) is 17.8. The van der Waals surface area contributed by atoms with Gasteiger partial charge in [-0.1, -0.05) is 54.6 Å². The highest BCUT2D eigenvalue weighted by molar-refractivity contribution is 5.49. The van der Waals surface area contributed by atoms with Gasteiger partial charge in [0.25, 0.3) is 0 Å². The number of aryl methyl sites for hydroxylation is 2. The second-order valence-corrected chi connectivity index (χ2v) is 8.47. The summed E-state index contributed by atoms with van der Waals surface area (Å²) >= 11 is 0. The van der Waals surface area contributed by atoms with E-state index in [1.54, 1.807) is 0 Å². The summed E-state index contributed by atoms with van der Waals surface area (Å²) in [5, 5.41) is 10.2. The van der Waals surface area contributed by atoms with Crippen molar-refractivity contribution < 1.29 is 5.11 Å². The molecule has 1 N–H and O–H groups in total. The quantitative estimate of drug-likeness (QED) is 0.695. The molecule has 2 heterocycles. The molecule has 31 heavy (non-hydrogen) atoms. The molecule has 1 atom stereocenters. The summed E-state index contributed by atoms with van der Waals surface area (Å²) in [7, 11) is 0. The van der Waals surface area contributed by atoms with E-state index in [1.807, 2.05) is 24.4 Å². The van der Waals surface area contributed by atoms with Crippen LogP contribution in [0.3, 0.4) is 0 Å². The number of aromatic hydroxyl groups is 1. The van der Waals surface area contributed by atoms with E-state index < -0.39 is 0 Å². The first-order valence-electron chi connectivity index (χ1n) is 11.2. The monoisotopic (exact) mass is 411 g/mol. The van der Waals surface area contributed by atoms with Gasteiger partial charge in [-0.3, -0.25) is 14.8 Å². The zero-order chi connectivity index (χ0) is 21.0. The van der Waals surface area contributed by atoms with Crippen LogP contribution in [0.1, 0.15) is 34.0 Å². The maximum absolute atomic E-state index is 10.2. The van der Waals surface area contributed by atoms with Crippen LogP contribution in [0.2, 0.25) is 0 Å². The van der Waals surface area contributed by atoms with Crippen LogP contribution in [-0.2, 0) is 12.8 Å². The van der Waals surface area contributed by atoms with Crippen molar-refractivity contribution in [2.45, 2.75) is 18.9 Å². The van der Waals surface area contributed by atoms with Crippen LogP contribution in [0.5, 0.6) is 5.75 Å². The van der Waals surface area contributed by atoms with Crippen LogP contribution in [0.4, 0.5) is 0 Å². The number of fused-ring (bicyclic) bond motifs is 2. The minimum atomic E-state index is 0.162. The Morgan fingerprint density at radius 2 is 1.74 bits per heavy atom. The number of hydrogen-bond donors (Lipinski definition) is 1. The molecule has 3 aromatic rings. The Kier molecular flexibility index (Phi) is 5.83. The summed E-state index contributed by atoms with van der Waals surface area (Å²) in [5.41, 5.74) is 6.30. The number of benzene rings is 2. The lowest BCUT2D eigenvalue weighted by atomic mass is 9.93. The third-order valence-corrected chi connectivity index (χ3v) is 6.52. The third-order valence-electron chi connectivity index (χ3n) is 6.52. The van der Waals surface area contributed by atoms with Gasteiger partial charge in [0.15, 0.2) is 0 Å². The van der Waals surface area contributed by atoms with Crippen LogP contribution < -0.4 is 0 Å². The van der Waals surface area contributed by atoms with E-state index in [0.717, 1.165) is 45.6 Å². The molecule has 0 radical (unpaired) electrons.